The molecule has 0 amide bonds. The van der Waals surface area contributed by atoms with Gasteiger partial charge in [-0.2, -0.15) is 0 Å². The van der Waals surface area contributed by atoms with Crippen molar-refractivity contribution in [2.24, 2.45) is 0 Å². The maximum Gasteiger partial charge on any atom is 0.321 e. The van der Waals surface area contributed by atoms with Gasteiger partial charge in [0.15, 0.2) is 0 Å². The lowest BCUT2D eigenvalue weighted by atomic mass is 10.2. The van der Waals surface area contributed by atoms with Gasteiger partial charge in [-0.3, -0.25) is 0 Å². The Labute approximate surface area is 130 Å². The van der Waals surface area contributed by atoms with Crippen LogP contribution in [0.5, 0.6) is 11.8 Å². The highest BCUT2D eigenvalue weighted by Gasteiger charge is 2.00. The molecule has 1 aromatic carbocycles. The van der Waals surface area contributed by atoms with Gasteiger partial charge in [-0.15, -0.1) is 0 Å². The lowest BCUT2D eigenvalue weighted by Crippen LogP contribution is -2.23. The van der Waals surface area contributed by atoms with E-state index < -0.39 is 0 Å². The van der Waals surface area contributed by atoms with Crippen LogP contribution in [-0.4, -0.2) is 41.3 Å². The van der Waals surface area contributed by atoms with Crippen molar-refractivity contribution in [1.82, 2.24) is 20.6 Å². The Morgan fingerprint density at radius 3 is 2.64 bits per heavy atom. The van der Waals surface area contributed by atoms with E-state index in [1.807, 2.05) is 18.2 Å². The van der Waals surface area contributed by atoms with Gasteiger partial charge >= 0.3 is 6.01 Å². The van der Waals surface area contributed by atoms with Crippen LogP contribution in [0.2, 0.25) is 0 Å². The van der Waals surface area contributed by atoms with Crippen molar-refractivity contribution in [2.75, 3.05) is 26.2 Å². The monoisotopic (exact) mass is 302 g/mol. The average molecular weight is 302 g/mol. The summed E-state index contributed by atoms with van der Waals surface area (Å²) in [5.41, 5.74) is 1.15. The smallest absolute Gasteiger partial charge is 0.321 e. The number of hydrogen-bond donors (Lipinski definition) is 3. The fraction of sp³-hybridized carbons (Fsp3) is 0.375. The molecular weight excluding hydrogens is 280 g/mol. The number of aliphatic hydroxyl groups excluding tert-OH is 1. The largest absolute Gasteiger partial charge is 0.424 e. The molecule has 0 aliphatic heterocycles. The van der Waals surface area contributed by atoms with E-state index in [0.717, 1.165) is 37.4 Å². The standard InChI is InChI=1S/C16H22N4O2/c21-11-10-17-6-2-7-18-13-14-4-1-5-15(12-14)22-16-19-8-3-9-20-16/h1,3-5,8-9,12,17-18,21H,2,6-7,10-11,13H2. The minimum absolute atomic E-state index is 0.186. The van der Waals surface area contributed by atoms with Gasteiger partial charge in [0.25, 0.3) is 0 Å². The van der Waals surface area contributed by atoms with Crippen molar-refractivity contribution >= 4 is 0 Å². The zero-order valence-corrected chi connectivity index (χ0v) is 12.5. The van der Waals surface area contributed by atoms with E-state index in [2.05, 4.69) is 26.7 Å². The molecule has 0 fully saturated rings. The highest BCUT2D eigenvalue weighted by atomic mass is 16.5. The second-order valence-corrected chi connectivity index (χ2v) is 4.78. The molecule has 0 saturated carbocycles. The number of nitrogens with zero attached hydrogens (tertiary/aromatic N) is 2. The third-order valence-electron chi connectivity index (χ3n) is 2.97. The van der Waals surface area contributed by atoms with Gasteiger partial charge in [-0.25, -0.2) is 9.97 Å². The van der Waals surface area contributed by atoms with Crippen molar-refractivity contribution in [3.05, 3.63) is 48.3 Å². The number of nitrogens with one attached hydrogen (secondary N) is 2. The molecule has 22 heavy (non-hydrogen) atoms. The minimum Gasteiger partial charge on any atom is -0.424 e. The van der Waals surface area contributed by atoms with Gasteiger partial charge in [-0.1, -0.05) is 12.1 Å². The number of aromatic nitrogens is 2. The third-order valence-corrected chi connectivity index (χ3v) is 2.97. The molecule has 0 aliphatic rings. The molecule has 3 N–H and O–H groups in total. The van der Waals surface area contributed by atoms with E-state index in [-0.39, 0.29) is 6.61 Å². The Morgan fingerprint density at radius 1 is 1.00 bits per heavy atom. The quantitative estimate of drug-likeness (QED) is 0.575. The molecule has 0 aliphatic carbocycles. The summed E-state index contributed by atoms with van der Waals surface area (Å²) < 4.78 is 5.61. The molecule has 0 saturated heterocycles. The molecule has 0 bridgehead atoms. The lowest BCUT2D eigenvalue weighted by molar-refractivity contribution is 0.292. The van der Waals surface area contributed by atoms with Crippen molar-refractivity contribution < 1.29 is 9.84 Å². The van der Waals surface area contributed by atoms with Crippen LogP contribution in [0.15, 0.2) is 42.7 Å². The van der Waals surface area contributed by atoms with E-state index in [1.54, 1.807) is 18.5 Å². The van der Waals surface area contributed by atoms with Crippen LogP contribution in [0.4, 0.5) is 0 Å². The summed E-state index contributed by atoms with van der Waals surface area (Å²) in [7, 11) is 0. The van der Waals surface area contributed by atoms with Crippen LogP contribution < -0.4 is 15.4 Å². The molecule has 0 unspecified atom stereocenters. The van der Waals surface area contributed by atoms with E-state index in [1.165, 1.54) is 0 Å². The first-order valence-corrected chi connectivity index (χ1v) is 7.44. The minimum atomic E-state index is 0.186. The molecule has 2 rings (SSSR count). The summed E-state index contributed by atoms with van der Waals surface area (Å²) in [6.07, 6.45) is 4.32. The van der Waals surface area contributed by atoms with E-state index in [0.29, 0.717) is 12.6 Å². The molecule has 118 valence electrons. The Bertz CT molecular complexity index is 537. The van der Waals surface area contributed by atoms with E-state index in [4.69, 9.17) is 9.84 Å². The summed E-state index contributed by atoms with van der Waals surface area (Å²) in [5.74, 6) is 0.732. The number of ether oxygens (including phenoxy) is 1. The van der Waals surface area contributed by atoms with Crippen molar-refractivity contribution in [3.63, 3.8) is 0 Å². The highest BCUT2D eigenvalue weighted by molar-refractivity contribution is 5.30. The Balaban J connectivity index is 1.72. The third kappa shape index (κ3) is 6.17. The Morgan fingerprint density at radius 2 is 1.82 bits per heavy atom. The van der Waals surface area contributed by atoms with Gasteiger partial charge in [0.1, 0.15) is 5.75 Å². The predicted molar refractivity (Wildman–Crippen MR) is 84.8 cm³/mol. The molecule has 1 aromatic heterocycles. The number of benzene rings is 1. The second-order valence-electron chi connectivity index (χ2n) is 4.78. The summed E-state index contributed by atoms with van der Waals surface area (Å²) in [5, 5.41) is 15.2. The average Bonchev–Trinajstić information content (AvgIpc) is 2.55. The zero-order chi connectivity index (χ0) is 15.5. The Kier molecular flexibility index (Phi) is 7.31. The number of hydrogen-bond acceptors (Lipinski definition) is 6. The molecular formula is C16H22N4O2. The van der Waals surface area contributed by atoms with Gasteiger partial charge in [0.05, 0.1) is 6.61 Å². The molecule has 6 heteroatoms. The molecule has 0 radical (unpaired) electrons. The summed E-state index contributed by atoms with van der Waals surface area (Å²) in [6, 6.07) is 9.98. The van der Waals surface area contributed by atoms with Crippen LogP contribution >= 0.6 is 0 Å². The molecule has 0 spiro atoms. The van der Waals surface area contributed by atoms with Crippen molar-refractivity contribution in [1.29, 1.82) is 0 Å². The number of aliphatic hydroxyl groups is 1. The summed E-state index contributed by atoms with van der Waals surface area (Å²) in [4.78, 5) is 8.08. The van der Waals surface area contributed by atoms with Gasteiger partial charge in [-0.05, 0) is 43.3 Å². The Hall–Kier alpha value is -2.02. The van der Waals surface area contributed by atoms with Gasteiger partial charge in [0, 0.05) is 25.5 Å². The normalized spacial score (nSPS) is 10.6. The predicted octanol–water partition coefficient (Wildman–Crippen LogP) is 1.33. The fourth-order valence-electron chi connectivity index (χ4n) is 1.94. The molecule has 6 nitrogen and oxygen atoms in total. The summed E-state index contributed by atoms with van der Waals surface area (Å²) >= 11 is 0. The highest BCUT2D eigenvalue weighted by Crippen LogP contribution is 2.18. The lowest BCUT2D eigenvalue weighted by Gasteiger charge is -2.08. The van der Waals surface area contributed by atoms with E-state index >= 15 is 0 Å². The summed E-state index contributed by atoms with van der Waals surface area (Å²) in [6.45, 7) is 3.45. The van der Waals surface area contributed by atoms with Gasteiger partial charge in [0.2, 0.25) is 0 Å². The fourth-order valence-corrected chi connectivity index (χ4v) is 1.94. The maximum atomic E-state index is 8.65. The van der Waals surface area contributed by atoms with Crippen LogP contribution in [0.1, 0.15) is 12.0 Å². The SMILES string of the molecule is OCCNCCCNCc1cccc(Oc2ncccn2)c1. The maximum absolute atomic E-state index is 8.65. The number of rotatable bonds is 10. The van der Waals surface area contributed by atoms with Gasteiger partial charge < -0.3 is 20.5 Å². The van der Waals surface area contributed by atoms with Crippen LogP contribution in [0, 0.1) is 0 Å². The molecule has 1 heterocycles. The topological polar surface area (TPSA) is 79.3 Å². The van der Waals surface area contributed by atoms with Crippen LogP contribution in [-0.2, 0) is 6.54 Å². The van der Waals surface area contributed by atoms with Crippen LogP contribution in [0.25, 0.3) is 0 Å². The van der Waals surface area contributed by atoms with Crippen LogP contribution in [0.3, 0.4) is 0 Å². The molecule has 0 atom stereocenters. The van der Waals surface area contributed by atoms with Crippen molar-refractivity contribution in [2.45, 2.75) is 13.0 Å². The second kappa shape index (κ2) is 9.83. The first kappa shape index (κ1) is 16.4. The molecule has 2 aromatic rings. The zero-order valence-electron chi connectivity index (χ0n) is 12.5. The first-order chi connectivity index (χ1) is 10.9. The van der Waals surface area contributed by atoms with Crippen molar-refractivity contribution in [3.8, 4) is 11.8 Å². The first-order valence-electron chi connectivity index (χ1n) is 7.44. The van der Waals surface area contributed by atoms with E-state index in [9.17, 15) is 0 Å².